The van der Waals surface area contributed by atoms with Gasteiger partial charge in [-0.25, -0.2) is 12.7 Å². The molecule has 0 aliphatic carbocycles. The molecule has 0 saturated carbocycles. The number of amides is 1. The molecule has 27 heavy (non-hydrogen) atoms. The maximum absolute atomic E-state index is 12.8. The highest BCUT2D eigenvalue weighted by Crippen LogP contribution is 2.27. The molecule has 0 saturated heterocycles. The third-order valence-electron chi connectivity index (χ3n) is 4.09. The number of hydrogen-bond acceptors (Lipinski definition) is 5. The predicted octanol–water partition coefficient (Wildman–Crippen LogP) is 2.23. The van der Waals surface area contributed by atoms with Gasteiger partial charge < -0.3 is 14.4 Å². The highest BCUT2D eigenvalue weighted by molar-refractivity contribution is 7.89. The van der Waals surface area contributed by atoms with Crippen LogP contribution in [0.4, 0.5) is 0 Å². The molecule has 0 aliphatic heterocycles. The summed E-state index contributed by atoms with van der Waals surface area (Å²) in [5, 5.41) is 0. The van der Waals surface area contributed by atoms with Crippen LogP contribution in [0.15, 0.2) is 47.4 Å². The number of carbonyl (C=O) groups excluding carboxylic acids is 1. The zero-order valence-electron chi connectivity index (χ0n) is 16.1. The van der Waals surface area contributed by atoms with Crippen LogP contribution in [0.5, 0.6) is 11.5 Å². The molecule has 2 aromatic rings. The molecule has 0 bridgehead atoms. The second kappa shape index (κ2) is 8.41. The quantitative estimate of drug-likeness (QED) is 0.722. The van der Waals surface area contributed by atoms with Gasteiger partial charge in [-0.3, -0.25) is 4.79 Å². The Bertz CT molecular complexity index is 908. The summed E-state index contributed by atoms with van der Waals surface area (Å²) >= 11 is 0. The van der Waals surface area contributed by atoms with Crippen molar-refractivity contribution in [3.8, 4) is 11.5 Å². The highest BCUT2D eigenvalue weighted by atomic mass is 32.2. The maximum Gasteiger partial charge on any atom is 0.253 e. The monoisotopic (exact) mass is 392 g/mol. The van der Waals surface area contributed by atoms with E-state index >= 15 is 0 Å². The van der Waals surface area contributed by atoms with Crippen molar-refractivity contribution in [3.63, 3.8) is 0 Å². The minimum Gasteiger partial charge on any atom is -0.497 e. The molecule has 0 heterocycles. The predicted molar refractivity (Wildman–Crippen MR) is 103 cm³/mol. The third-order valence-corrected chi connectivity index (χ3v) is 5.93. The first-order chi connectivity index (χ1) is 12.7. The number of benzene rings is 2. The molecule has 0 N–H and O–H groups in total. The number of nitrogens with zero attached hydrogens (tertiary/aromatic N) is 2. The minimum absolute atomic E-state index is 0.0429. The first-order valence-electron chi connectivity index (χ1n) is 8.19. The molecule has 2 rings (SSSR count). The zero-order chi connectivity index (χ0) is 20.2. The molecule has 0 fully saturated rings. The number of carbonyl (C=O) groups is 1. The van der Waals surface area contributed by atoms with Gasteiger partial charge in [-0.05, 0) is 35.9 Å². The van der Waals surface area contributed by atoms with Crippen molar-refractivity contribution in [1.29, 1.82) is 0 Å². The Morgan fingerprint density at radius 1 is 0.963 bits per heavy atom. The number of methoxy groups -OCH3 is 2. The van der Waals surface area contributed by atoms with E-state index in [2.05, 4.69) is 0 Å². The summed E-state index contributed by atoms with van der Waals surface area (Å²) in [4.78, 5) is 14.3. The van der Waals surface area contributed by atoms with Crippen molar-refractivity contribution in [2.75, 3.05) is 35.4 Å². The van der Waals surface area contributed by atoms with Gasteiger partial charge in [0, 0.05) is 33.3 Å². The fraction of sp³-hybridized carbons (Fsp3) is 0.316. The average molecular weight is 392 g/mol. The molecular weight excluding hydrogens is 368 g/mol. The van der Waals surface area contributed by atoms with Crippen LogP contribution in [-0.2, 0) is 16.6 Å². The highest BCUT2D eigenvalue weighted by Gasteiger charge is 2.24. The van der Waals surface area contributed by atoms with Crippen LogP contribution in [-0.4, -0.2) is 58.9 Å². The Hall–Kier alpha value is -2.58. The molecule has 1 amide bonds. The first-order valence-corrected chi connectivity index (χ1v) is 9.63. The van der Waals surface area contributed by atoms with Crippen LogP contribution in [0.1, 0.15) is 15.9 Å². The summed E-state index contributed by atoms with van der Waals surface area (Å²) in [5.74, 6) is 0.642. The van der Waals surface area contributed by atoms with Crippen LogP contribution in [0.2, 0.25) is 0 Å². The van der Waals surface area contributed by atoms with Crippen LogP contribution < -0.4 is 9.47 Å². The number of rotatable bonds is 7. The van der Waals surface area contributed by atoms with Crippen molar-refractivity contribution in [3.05, 3.63) is 53.6 Å². The van der Waals surface area contributed by atoms with Gasteiger partial charge in [0.25, 0.3) is 5.91 Å². The molecule has 7 nitrogen and oxygen atoms in total. The van der Waals surface area contributed by atoms with Crippen molar-refractivity contribution in [1.82, 2.24) is 9.21 Å². The Morgan fingerprint density at radius 3 is 2.11 bits per heavy atom. The fourth-order valence-corrected chi connectivity index (χ4v) is 3.58. The third kappa shape index (κ3) is 4.58. The zero-order valence-corrected chi connectivity index (χ0v) is 16.9. The lowest BCUT2D eigenvalue weighted by Crippen LogP contribution is -2.27. The van der Waals surface area contributed by atoms with Crippen molar-refractivity contribution < 1.29 is 22.7 Å². The minimum atomic E-state index is -3.74. The molecule has 0 unspecified atom stereocenters. The van der Waals surface area contributed by atoms with Crippen molar-refractivity contribution in [2.24, 2.45) is 0 Å². The standard InChI is InChI=1S/C19H24N2O5S/c1-20(2)27(23,24)18-12-15(8-11-17(18)26-5)19(22)21(3)13-14-6-9-16(25-4)10-7-14/h6-12H,13H2,1-5H3. The summed E-state index contributed by atoms with van der Waals surface area (Å²) in [6.07, 6.45) is 0. The second-order valence-corrected chi connectivity index (χ2v) is 8.28. The lowest BCUT2D eigenvalue weighted by atomic mass is 10.1. The number of sulfonamides is 1. The van der Waals surface area contributed by atoms with Gasteiger partial charge in [-0.15, -0.1) is 0 Å². The average Bonchev–Trinajstić information content (AvgIpc) is 2.67. The summed E-state index contributed by atoms with van der Waals surface area (Å²) in [7, 11) is 3.76. The van der Waals surface area contributed by atoms with Gasteiger partial charge in [-0.2, -0.15) is 0 Å². The smallest absolute Gasteiger partial charge is 0.253 e. The van der Waals surface area contributed by atoms with Crippen molar-refractivity contribution in [2.45, 2.75) is 11.4 Å². The van der Waals surface area contributed by atoms with E-state index in [1.807, 2.05) is 24.3 Å². The molecule has 0 aromatic heterocycles. The first kappa shape index (κ1) is 20.7. The van der Waals surface area contributed by atoms with E-state index < -0.39 is 10.0 Å². The van der Waals surface area contributed by atoms with Gasteiger partial charge in [0.05, 0.1) is 14.2 Å². The van der Waals surface area contributed by atoms with E-state index in [9.17, 15) is 13.2 Å². The molecule has 2 aromatic carbocycles. The van der Waals surface area contributed by atoms with Crippen LogP contribution in [0.3, 0.4) is 0 Å². The largest absolute Gasteiger partial charge is 0.497 e. The van der Waals surface area contributed by atoms with E-state index in [-0.39, 0.29) is 22.1 Å². The van der Waals surface area contributed by atoms with Gasteiger partial charge in [0.15, 0.2) is 0 Å². The Labute approximate surface area is 160 Å². The maximum atomic E-state index is 12.8. The van der Waals surface area contributed by atoms with E-state index in [4.69, 9.17) is 9.47 Å². The molecule has 0 aliphatic rings. The van der Waals surface area contributed by atoms with Gasteiger partial charge >= 0.3 is 0 Å². The molecular formula is C19H24N2O5S. The summed E-state index contributed by atoms with van der Waals surface area (Å²) in [5.41, 5.74) is 1.20. The fourth-order valence-electron chi connectivity index (χ4n) is 2.51. The number of ether oxygens (including phenoxy) is 2. The van der Waals surface area contributed by atoms with Crippen LogP contribution in [0, 0.1) is 0 Å². The van der Waals surface area contributed by atoms with Crippen LogP contribution >= 0.6 is 0 Å². The Morgan fingerprint density at radius 2 is 1.59 bits per heavy atom. The van der Waals surface area contributed by atoms with E-state index in [1.165, 1.54) is 38.2 Å². The van der Waals surface area contributed by atoms with Crippen molar-refractivity contribution >= 4 is 15.9 Å². The number of hydrogen-bond donors (Lipinski definition) is 0. The lowest BCUT2D eigenvalue weighted by Gasteiger charge is -2.19. The topological polar surface area (TPSA) is 76.1 Å². The molecule has 0 atom stereocenters. The normalized spacial score (nSPS) is 11.3. The summed E-state index contributed by atoms with van der Waals surface area (Å²) in [6.45, 7) is 0.380. The second-order valence-electron chi connectivity index (χ2n) is 6.16. The van der Waals surface area contributed by atoms with Gasteiger partial charge in [0.2, 0.25) is 10.0 Å². The molecule has 146 valence electrons. The Balaban J connectivity index is 2.29. The van der Waals surface area contributed by atoms with E-state index in [1.54, 1.807) is 20.2 Å². The van der Waals surface area contributed by atoms with Crippen LogP contribution in [0.25, 0.3) is 0 Å². The van der Waals surface area contributed by atoms with Gasteiger partial charge in [0.1, 0.15) is 16.4 Å². The molecule has 0 radical (unpaired) electrons. The summed E-state index contributed by atoms with van der Waals surface area (Å²) < 4.78 is 36.4. The molecule has 0 spiro atoms. The SMILES string of the molecule is COc1ccc(CN(C)C(=O)c2ccc(OC)c(S(=O)(=O)N(C)C)c2)cc1. The van der Waals surface area contributed by atoms with E-state index in [0.717, 1.165) is 15.6 Å². The Kier molecular flexibility index (Phi) is 6.45. The lowest BCUT2D eigenvalue weighted by molar-refractivity contribution is 0.0785. The summed E-state index contributed by atoms with van der Waals surface area (Å²) in [6, 6.07) is 11.8. The molecule has 8 heteroatoms. The van der Waals surface area contributed by atoms with Gasteiger partial charge in [-0.1, -0.05) is 12.1 Å². The van der Waals surface area contributed by atoms with E-state index in [0.29, 0.717) is 6.54 Å².